The van der Waals surface area contributed by atoms with Crippen molar-refractivity contribution in [2.45, 2.75) is 6.92 Å². The average molecular weight is 388 g/mol. The fraction of sp³-hybridized carbons (Fsp3) is 0.0556. The maximum Gasteiger partial charge on any atom is 0.257 e. The van der Waals surface area contributed by atoms with Gasteiger partial charge in [0.05, 0.1) is 5.69 Å². The summed E-state index contributed by atoms with van der Waals surface area (Å²) in [7, 11) is 0. The Kier molecular flexibility index (Phi) is 5.43. The van der Waals surface area contributed by atoms with E-state index in [-0.39, 0.29) is 11.0 Å². The van der Waals surface area contributed by atoms with Crippen molar-refractivity contribution >= 4 is 51.3 Å². The predicted molar refractivity (Wildman–Crippen MR) is 107 cm³/mol. The summed E-state index contributed by atoms with van der Waals surface area (Å²) in [6.07, 6.45) is 0. The van der Waals surface area contributed by atoms with E-state index in [4.69, 9.17) is 23.8 Å². The Balaban J connectivity index is 1.65. The van der Waals surface area contributed by atoms with E-state index >= 15 is 0 Å². The van der Waals surface area contributed by atoms with Crippen molar-refractivity contribution in [2.24, 2.45) is 0 Å². The summed E-state index contributed by atoms with van der Waals surface area (Å²) in [5.41, 5.74) is 3.26. The van der Waals surface area contributed by atoms with E-state index in [0.29, 0.717) is 15.7 Å². The molecule has 25 heavy (non-hydrogen) atoms. The number of anilines is 1. The molecule has 3 rings (SSSR count). The second kappa shape index (κ2) is 7.74. The molecular formula is C18H14ClN3OS2. The number of nitrogens with zero attached hydrogens (tertiary/aromatic N) is 1. The maximum atomic E-state index is 12.3. The van der Waals surface area contributed by atoms with Crippen LogP contribution in [0.3, 0.4) is 0 Å². The van der Waals surface area contributed by atoms with Gasteiger partial charge in [-0.05, 0) is 42.9 Å². The lowest BCUT2D eigenvalue weighted by Gasteiger charge is -2.08. The molecule has 1 amide bonds. The molecule has 3 aromatic rings. The predicted octanol–water partition coefficient (Wildman–Crippen LogP) is 4.90. The molecule has 0 aliphatic rings. The minimum atomic E-state index is -0.245. The van der Waals surface area contributed by atoms with Crippen LogP contribution in [0.2, 0.25) is 5.02 Å². The molecule has 0 aliphatic heterocycles. The molecule has 0 unspecified atom stereocenters. The summed E-state index contributed by atoms with van der Waals surface area (Å²) in [5.74, 6) is -0.245. The normalized spacial score (nSPS) is 10.3. The number of aryl methyl sites for hydroxylation is 1. The highest BCUT2D eigenvalue weighted by Crippen LogP contribution is 2.25. The van der Waals surface area contributed by atoms with Gasteiger partial charge in [-0.15, -0.1) is 11.3 Å². The first kappa shape index (κ1) is 17.5. The highest BCUT2D eigenvalue weighted by atomic mass is 35.5. The number of halogens is 1. The van der Waals surface area contributed by atoms with Gasteiger partial charge in [-0.1, -0.05) is 41.9 Å². The SMILES string of the molecule is Cc1ccccc1C(=O)NC(=S)Nc1nc(-c2ccc(Cl)cc2)cs1. The van der Waals surface area contributed by atoms with Gasteiger partial charge in [0.25, 0.3) is 5.91 Å². The number of benzene rings is 2. The second-order valence-corrected chi connectivity index (χ2v) is 6.97. The van der Waals surface area contributed by atoms with Gasteiger partial charge in [-0.25, -0.2) is 4.98 Å². The number of carbonyl (C=O) groups excluding carboxylic acids is 1. The molecule has 1 aromatic heterocycles. The molecule has 2 aromatic carbocycles. The first-order chi connectivity index (χ1) is 12.0. The van der Waals surface area contributed by atoms with E-state index in [9.17, 15) is 4.79 Å². The first-order valence-corrected chi connectivity index (χ1v) is 9.09. The number of thiocarbonyl (C=S) groups is 1. The molecule has 0 saturated carbocycles. The van der Waals surface area contributed by atoms with E-state index in [1.54, 1.807) is 6.07 Å². The molecule has 1 heterocycles. The van der Waals surface area contributed by atoms with Crippen LogP contribution in [0.4, 0.5) is 5.13 Å². The lowest BCUT2D eigenvalue weighted by molar-refractivity contribution is 0.0977. The molecule has 126 valence electrons. The van der Waals surface area contributed by atoms with Crippen molar-refractivity contribution in [1.29, 1.82) is 0 Å². The number of rotatable bonds is 3. The number of carbonyl (C=O) groups is 1. The van der Waals surface area contributed by atoms with Crippen molar-refractivity contribution in [1.82, 2.24) is 10.3 Å². The Bertz CT molecular complexity index is 922. The third-order valence-electron chi connectivity index (χ3n) is 3.48. The molecule has 0 spiro atoms. The molecule has 0 fully saturated rings. The number of amides is 1. The van der Waals surface area contributed by atoms with Crippen LogP contribution in [0.15, 0.2) is 53.9 Å². The summed E-state index contributed by atoms with van der Waals surface area (Å²) in [6, 6.07) is 14.8. The third kappa shape index (κ3) is 4.42. The van der Waals surface area contributed by atoms with Crippen molar-refractivity contribution in [2.75, 3.05) is 5.32 Å². The Labute approximate surface area is 159 Å². The molecule has 0 saturated heterocycles. The molecule has 7 heteroatoms. The van der Waals surface area contributed by atoms with E-state index in [2.05, 4.69) is 15.6 Å². The van der Waals surface area contributed by atoms with Crippen LogP contribution in [0.5, 0.6) is 0 Å². The number of hydrogen-bond acceptors (Lipinski definition) is 4. The zero-order chi connectivity index (χ0) is 17.8. The Hall–Kier alpha value is -2.28. The minimum Gasteiger partial charge on any atom is -0.308 e. The van der Waals surface area contributed by atoms with Crippen LogP contribution in [-0.2, 0) is 0 Å². The van der Waals surface area contributed by atoms with Crippen LogP contribution < -0.4 is 10.6 Å². The van der Waals surface area contributed by atoms with Gasteiger partial charge >= 0.3 is 0 Å². The quantitative estimate of drug-likeness (QED) is 0.627. The van der Waals surface area contributed by atoms with Gasteiger partial charge in [0, 0.05) is 21.5 Å². The average Bonchev–Trinajstić information content (AvgIpc) is 3.04. The van der Waals surface area contributed by atoms with Crippen LogP contribution >= 0.6 is 35.2 Å². The molecule has 0 radical (unpaired) electrons. The molecule has 2 N–H and O–H groups in total. The van der Waals surface area contributed by atoms with Crippen molar-refractivity contribution in [3.63, 3.8) is 0 Å². The third-order valence-corrected chi connectivity index (χ3v) is 4.70. The second-order valence-electron chi connectivity index (χ2n) is 5.27. The van der Waals surface area contributed by atoms with Crippen LogP contribution in [0.1, 0.15) is 15.9 Å². The highest BCUT2D eigenvalue weighted by Gasteiger charge is 2.11. The lowest BCUT2D eigenvalue weighted by atomic mass is 10.1. The molecule has 0 aliphatic carbocycles. The topological polar surface area (TPSA) is 54.0 Å². The van der Waals surface area contributed by atoms with Gasteiger partial charge in [0.15, 0.2) is 10.2 Å². The van der Waals surface area contributed by atoms with Gasteiger partial charge < -0.3 is 5.32 Å². The molecule has 4 nitrogen and oxygen atoms in total. The fourth-order valence-electron chi connectivity index (χ4n) is 2.21. The largest absolute Gasteiger partial charge is 0.308 e. The number of nitrogens with one attached hydrogen (secondary N) is 2. The Morgan fingerprint density at radius 3 is 2.60 bits per heavy atom. The van der Waals surface area contributed by atoms with E-state index in [1.807, 2.05) is 54.8 Å². The van der Waals surface area contributed by atoms with Gasteiger partial charge in [-0.3, -0.25) is 10.1 Å². The zero-order valence-electron chi connectivity index (χ0n) is 13.2. The number of aromatic nitrogens is 1. The van der Waals surface area contributed by atoms with Gasteiger partial charge in [0.1, 0.15) is 0 Å². The molecule has 0 atom stereocenters. The Morgan fingerprint density at radius 2 is 1.88 bits per heavy atom. The number of hydrogen-bond donors (Lipinski definition) is 2. The monoisotopic (exact) mass is 387 g/mol. The molecular weight excluding hydrogens is 374 g/mol. The van der Waals surface area contributed by atoms with E-state index in [1.165, 1.54) is 11.3 Å². The van der Waals surface area contributed by atoms with Crippen molar-refractivity contribution < 1.29 is 4.79 Å². The Morgan fingerprint density at radius 1 is 1.16 bits per heavy atom. The molecule has 0 bridgehead atoms. The van der Waals surface area contributed by atoms with Gasteiger partial charge in [0.2, 0.25) is 0 Å². The summed E-state index contributed by atoms with van der Waals surface area (Å²) < 4.78 is 0. The maximum absolute atomic E-state index is 12.3. The fourth-order valence-corrected chi connectivity index (χ4v) is 3.31. The van der Waals surface area contributed by atoms with Gasteiger partial charge in [-0.2, -0.15) is 0 Å². The summed E-state index contributed by atoms with van der Waals surface area (Å²) in [4.78, 5) is 16.7. The zero-order valence-corrected chi connectivity index (χ0v) is 15.6. The number of thiazole rings is 1. The van der Waals surface area contributed by atoms with Crippen LogP contribution in [0.25, 0.3) is 11.3 Å². The highest BCUT2D eigenvalue weighted by molar-refractivity contribution is 7.80. The van der Waals surface area contributed by atoms with E-state index in [0.717, 1.165) is 16.8 Å². The standard InChI is InChI=1S/C18H14ClN3OS2/c1-11-4-2-3-5-14(11)16(23)21-17(24)22-18-20-15(10-25-18)12-6-8-13(19)9-7-12/h2-10H,1H3,(H2,20,21,22,23,24). The lowest BCUT2D eigenvalue weighted by Crippen LogP contribution is -2.34. The van der Waals surface area contributed by atoms with E-state index < -0.39 is 0 Å². The summed E-state index contributed by atoms with van der Waals surface area (Å²) in [6.45, 7) is 1.88. The smallest absolute Gasteiger partial charge is 0.257 e. The van der Waals surface area contributed by atoms with Crippen molar-refractivity contribution in [3.05, 3.63) is 70.1 Å². The first-order valence-electron chi connectivity index (χ1n) is 7.42. The summed E-state index contributed by atoms with van der Waals surface area (Å²) in [5, 5.41) is 9.03. The van der Waals surface area contributed by atoms with Crippen LogP contribution in [0, 0.1) is 6.92 Å². The van der Waals surface area contributed by atoms with Crippen molar-refractivity contribution in [3.8, 4) is 11.3 Å². The van der Waals surface area contributed by atoms with Crippen LogP contribution in [-0.4, -0.2) is 16.0 Å². The summed E-state index contributed by atoms with van der Waals surface area (Å²) >= 11 is 12.5. The minimum absolute atomic E-state index is 0.213.